The van der Waals surface area contributed by atoms with Crippen LogP contribution in [0.25, 0.3) is 0 Å². The minimum absolute atomic E-state index is 0.0511. The van der Waals surface area contributed by atoms with Crippen molar-refractivity contribution in [2.45, 2.75) is 88.0 Å². The Balaban J connectivity index is 1.59. The van der Waals surface area contributed by atoms with Gasteiger partial charge in [0.05, 0.1) is 21.2 Å². The van der Waals surface area contributed by atoms with E-state index in [0.29, 0.717) is 5.92 Å². The molecule has 0 amide bonds. The van der Waals surface area contributed by atoms with Crippen LogP contribution in [0, 0.1) is 17.8 Å². The fourth-order valence-corrected chi connectivity index (χ4v) is 9.89. The van der Waals surface area contributed by atoms with Gasteiger partial charge in [-0.1, -0.05) is 58.9 Å². The second kappa shape index (κ2) is 11.6. The molecule has 2 aromatic rings. The summed E-state index contributed by atoms with van der Waals surface area (Å²) in [5.74, 6) is 0.738. The number of benzene rings is 2. The summed E-state index contributed by atoms with van der Waals surface area (Å²) in [6.07, 6.45) is 10.00. The highest BCUT2D eigenvalue weighted by Gasteiger charge is 2.65. The first-order valence-electron chi connectivity index (χ1n) is 16.0. The molecule has 4 atom stereocenters. The standard InChI is InChI=1S/C36H46N2O6S2/c1-10-30-26-17-15-24(45(39,40)41)19-28(26)35(6,21-22(2)3)32(37(30)8)14-12-11-13-27-33(23(4)5)36(7)29-20-25(46(42,43)44)16-18-31(29)38(9)34(27)36/h11-20,22-23,30,33H,10,21H2,1-9H3,(H-,39,40,41,42,43,44)/p+1. The van der Waals surface area contributed by atoms with E-state index in [0.717, 1.165) is 46.6 Å². The average molecular weight is 668 g/mol. The van der Waals surface area contributed by atoms with Crippen LogP contribution in [-0.4, -0.2) is 55.2 Å². The predicted octanol–water partition coefficient (Wildman–Crippen LogP) is 7.22. The lowest BCUT2D eigenvalue weighted by atomic mass is 9.51. The second-order valence-corrected chi connectivity index (χ2v) is 17.1. The van der Waals surface area contributed by atoms with Gasteiger partial charge in [-0.25, -0.2) is 0 Å². The van der Waals surface area contributed by atoms with Crippen molar-refractivity contribution in [3.8, 4) is 0 Å². The van der Waals surface area contributed by atoms with Crippen molar-refractivity contribution in [1.29, 1.82) is 0 Å². The van der Waals surface area contributed by atoms with Crippen LogP contribution in [0.1, 0.15) is 84.0 Å². The number of hydrogen-bond donors (Lipinski definition) is 2. The Labute approximate surface area is 274 Å². The Morgan fingerprint density at radius 3 is 2.02 bits per heavy atom. The van der Waals surface area contributed by atoms with E-state index in [1.165, 1.54) is 17.7 Å². The van der Waals surface area contributed by atoms with Crippen molar-refractivity contribution in [3.05, 3.63) is 88.7 Å². The van der Waals surface area contributed by atoms with Gasteiger partial charge >= 0.3 is 0 Å². The Morgan fingerprint density at radius 1 is 0.913 bits per heavy atom. The number of rotatable bonds is 8. The van der Waals surface area contributed by atoms with Crippen LogP contribution in [0.5, 0.6) is 0 Å². The second-order valence-electron chi connectivity index (χ2n) is 14.2. The topological polar surface area (TPSA) is 115 Å². The van der Waals surface area contributed by atoms with Crippen LogP contribution in [0.3, 0.4) is 0 Å². The zero-order valence-electron chi connectivity index (χ0n) is 28.2. The van der Waals surface area contributed by atoms with Crippen molar-refractivity contribution in [2.24, 2.45) is 17.8 Å². The van der Waals surface area contributed by atoms with Crippen molar-refractivity contribution < 1.29 is 30.5 Å². The minimum Gasteiger partial charge on any atom is -0.370 e. The van der Waals surface area contributed by atoms with Gasteiger partial charge in [0.15, 0.2) is 5.71 Å². The third-order valence-corrected chi connectivity index (χ3v) is 12.1. The van der Waals surface area contributed by atoms with Gasteiger partial charge in [-0.3, -0.25) is 9.11 Å². The molecule has 8 nitrogen and oxygen atoms in total. The lowest BCUT2D eigenvalue weighted by Crippen LogP contribution is -2.55. The van der Waals surface area contributed by atoms with Gasteiger partial charge in [-0.15, -0.1) is 0 Å². The highest BCUT2D eigenvalue weighted by Crippen LogP contribution is 2.59. The molecule has 0 bridgehead atoms. The Morgan fingerprint density at radius 2 is 1.48 bits per heavy atom. The molecule has 2 aliphatic heterocycles. The predicted molar refractivity (Wildman–Crippen MR) is 182 cm³/mol. The first-order valence-corrected chi connectivity index (χ1v) is 18.8. The van der Waals surface area contributed by atoms with E-state index in [1.54, 1.807) is 18.2 Å². The third kappa shape index (κ3) is 5.31. The zero-order valence-corrected chi connectivity index (χ0v) is 29.9. The van der Waals surface area contributed by atoms with E-state index in [2.05, 4.69) is 83.2 Å². The molecular weight excluding hydrogens is 621 g/mol. The monoisotopic (exact) mass is 667 g/mol. The minimum atomic E-state index is -4.36. The highest BCUT2D eigenvalue weighted by molar-refractivity contribution is 7.86. The van der Waals surface area contributed by atoms with Gasteiger partial charge in [0, 0.05) is 41.3 Å². The summed E-state index contributed by atoms with van der Waals surface area (Å²) in [6.45, 7) is 15.1. The van der Waals surface area contributed by atoms with Crippen LogP contribution >= 0.6 is 0 Å². The van der Waals surface area contributed by atoms with E-state index in [4.69, 9.17) is 0 Å². The van der Waals surface area contributed by atoms with Gasteiger partial charge in [-0.05, 0) is 80.0 Å². The lowest BCUT2D eigenvalue weighted by molar-refractivity contribution is -0.404. The molecular formula is C36H47N2O6S2+. The van der Waals surface area contributed by atoms with Crippen LogP contribution in [0.4, 0.5) is 5.69 Å². The fraction of sp³-hybridized carbons (Fsp3) is 0.472. The summed E-state index contributed by atoms with van der Waals surface area (Å²) in [5, 5.41) is 0. The lowest BCUT2D eigenvalue weighted by Gasteiger charge is -2.49. The largest absolute Gasteiger partial charge is 0.370 e. The van der Waals surface area contributed by atoms with Crippen LogP contribution in [-0.2, 0) is 31.1 Å². The summed E-state index contributed by atoms with van der Waals surface area (Å²) in [4.78, 5) is 2.12. The number of likely N-dealkylation sites (N-methyl/N-ethyl adjacent to an activating group) is 1. The molecule has 2 N–H and O–H groups in total. The molecule has 1 fully saturated rings. The number of allylic oxidation sites excluding steroid dienone is 6. The zero-order chi connectivity index (χ0) is 34.1. The molecule has 0 saturated heterocycles. The Hall–Kier alpha value is -3.05. The Kier molecular flexibility index (Phi) is 8.63. The molecule has 10 heteroatoms. The molecule has 0 aromatic heterocycles. The summed E-state index contributed by atoms with van der Waals surface area (Å²) < 4.78 is 70.0. The van der Waals surface area contributed by atoms with Crippen LogP contribution in [0.2, 0.25) is 0 Å². The van der Waals surface area contributed by atoms with Crippen molar-refractivity contribution in [2.75, 3.05) is 14.1 Å². The molecule has 2 heterocycles. The molecule has 0 radical (unpaired) electrons. The average Bonchev–Trinajstić information content (AvgIpc) is 3.11. The third-order valence-electron chi connectivity index (χ3n) is 10.4. The first kappa shape index (κ1) is 34.3. The van der Waals surface area contributed by atoms with Gasteiger partial charge in [0.1, 0.15) is 7.05 Å². The molecule has 46 heavy (non-hydrogen) atoms. The molecule has 1 saturated carbocycles. The van der Waals surface area contributed by atoms with Gasteiger partial charge < -0.3 is 4.90 Å². The van der Waals surface area contributed by atoms with E-state index in [9.17, 15) is 25.9 Å². The summed E-state index contributed by atoms with van der Waals surface area (Å²) in [5.41, 5.74) is 6.37. The molecule has 3 aliphatic rings. The van der Waals surface area contributed by atoms with Crippen molar-refractivity contribution >= 4 is 31.6 Å². The maximum atomic E-state index is 12.2. The maximum absolute atomic E-state index is 12.2. The van der Waals surface area contributed by atoms with Crippen molar-refractivity contribution in [3.63, 3.8) is 0 Å². The molecule has 4 unspecified atom stereocenters. The van der Waals surface area contributed by atoms with E-state index < -0.39 is 25.7 Å². The van der Waals surface area contributed by atoms with Crippen LogP contribution in [0.15, 0.2) is 81.8 Å². The quantitative estimate of drug-likeness (QED) is 0.226. The fourth-order valence-electron chi connectivity index (χ4n) is 8.88. The number of hydrogen-bond acceptors (Lipinski definition) is 5. The number of fused-ring (bicyclic) bond motifs is 4. The number of nitrogens with zero attached hydrogens (tertiary/aromatic N) is 2. The smallest absolute Gasteiger partial charge is 0.294 e. The van der Waals surface area contributed by atoms with E-state index in [1.807, 2.05) is 19.2 Å². The van der Waals surface area contributed by atoms with Gasteiger partial charge in [0.25, 0.3) is 20.2 Å². The molecule has 5 rings (SSSR count). The first-order chi connectivity index (χ1) is 21.3. The van der Waals surface area contributed by atoms with Crippen molar-refractivity contribution in [1.82, 2.24) is 4.90 Å². The highest BCUT2D eigenvalue weighted by atomic mass is 32.2. The molecule has 248 valence electrons. The summed E-state index contributed by atoms with van der Waals surface area (Å²) in [7, 11) is -4.59. The maximum Gasteiger partial charge on any atom is 0.294 e. The molecule has 0 spiro atoms. The molecule has 2 aromatic carbocycles. The van der Waals surface area contributed by atoms with E-state index >= 15 is 0 Å². The summed E-state index contributed by atoms with van der Waals surface area (Å²) >= 11 is 0. The van der Waals surface area contributed by atoms with Gasteiger partial charge in [0.2, 0.25) is 5.69 Å². The van der Waals surface area contributed by atoms with Gasteiger partial charge in [-0.2, -0.15) is 21.4 Å². The SMILES string of the molecule is CCC1c2ccc(S(=O)(=O)O)cc2C(C)(CC(C)C)C(=CC=CC=C2C3=[N+](C)c4ccc(S(=O)(=O)O)cc4C3(C)C2C(C)C)N1C. The normalized spacial score (nSPS) is 28.0. The van der Waals surface area contributed by atoms with Crippen LogP contribution < -0.4 is 0 Å². The van der Waals surface area contributed by atoms with E-state index in [-0.39, 0.29) is 33.1 Å². The summed E-state index contributed by atoms with van der Waals surface area (Å²) in [6, 6.07) is 9.90. The Bertz CT molecular complexity index is 1940. The molecule has 1 aliphatic carbocycles.